The molecule has 0 bridgehead atoms. The van der Waals surface area contributed by atoms with Crippen LogP contribution in [-0.2, 0) is 16.1 Å². The van der Waals surface area contributed by atoms with Gasteiger partial charge in [0.1, 0.15) is 11.2 Å². The number of Topliss-reactive ketones (excluding diaryl/α,β-unsaturated/α-hetero) is 1. The van der Waals surface area contributed by atoms with Gasteiger partial charge >= 0.3 is 0 Å². The Kier molecular flexibility index (Phi) is 9.11. The second-order valence-corrected chi connectivity index (χ2v) is 11.3. The van der Waals surface area contributed by atoms with E-state index in [4.69, 9.17) is 0 Å². The molecule has 1 saturated carbocycles. The minimum atomic E-state index is -0.570. The van der Waals surface area contributed by atoms with Gasteiger partial charge in [-0.2, -0.15) is 0 Å². The van der Waals surface area contributed by atoms with Crippen molar-refractivity contribution in [3.8, 4) is 0 Å². The number of hydrogen-bond acceptors (Lipinski definition) is 5. The molecule has 0 saturated heterocycles. The zero-order chi connectivity index (χ0) is 25.6. The van der Waals surface area contributed by atoms with E-state index in [1.54, 1.807) is 0 Å². The van der Waals surface area contributed by atoms with Crippen LogP contribution >= 0.6 is 11.3 Å². The molecule has 0 spiro atoms. The molecule has 190 valence electrons. The maximum atomic E-state index is 13.3. The summed E-state index contributed by atoms with van der Waals surface area (Å²) in [5.74, 6) is -0.250. The minimum Gasteiger partial charge on any atom is -0.372 e. The van der Waals surface area contributed by atoms with Crippen molar-refractivity contribution in [3.05, 3.63) is 49.4 Å². The van der Waals surface area contributed by atoms with Crippen molar-refractivity contribution >= 4 is 40.9 Å². The Morgan fingerprint density at radius 1 is 1.09 bits per heavy atom. The lowest BCUT2D eigenvalue weighted by Gasteiger charge is -2.22. The van der Waals surface area contributed by atoms with E-state index in [0.717, 1.165) is 50.0 Å². The van der Waals surface area contributed by atoms with Crippen molar-refractivity contribution in [1.82, 2.24) is 9.88 Å². The third-order valence-corrected chi connectivity index (χ3v) is 7.58. The first kappa shape index (κ1) is 26.9. The van der Waals surface area contributed by atoms with Gasteiger partial charge in [-0.15, -0.1) is 11.3 Å². The van der Waals surface area contributed by atoms with Gasteiger partial charge in [-0.1, -0.05) is 52.2 Å². The molecule has 6 nitrogen and oxygen atoms in total. The normalized spacial score (nSPS) is 15.9. The summed E-state index contributed by atoms with van der Waals surface area (Å²) in [6.45, 7) is 11.6. The molecular weight excluding hydrogens is 458 g/mol. The van der Waals surface area contributed by atoms with Crippen LogP contribution in [0.15, 0.2) is 29.1 Å². The van der Waals surface area contributed by atoms with E-state index >= 15 is 0 Å². The van der Waals surface area contributed by atoms with Crippen LogP contribution in [0.1, 0.15) is 72.3 Å². The zero-order valence-corrected chi connectivity index (χ0v) is 22.5. The highest BCUT2D eigenvalue weighted by Gasteiger charge is 2.21. The number of carbonyl (C=O) groups excluding carboxylic acids is 2. The van der Waals surface area contributed by atoms with Crippen molar-refractivity contribution in [2.75, 3.05) is 18.0 Å². The topological polar surface area (TPSA) is 71.4 Å². The fraction of sp³-hybridized carbons (Fsp3) is 0.536. The van der Waals surface area contributed by atoms with Crippen molar-refractivity contribution in [3.63, 3.8) is 0 Å². The maximum Gasteiger partial charge on any atom is 0.269 e. The lowest BCUT2D eigenvalue weighted by molar-refractivity contribution is -0.123. The number of amides is 1. The Labute approximate surface area is 212 Å². The number of rotatable bonds is 8. The molecule has 1 aliphatic rings. The number of nitrogens with one attached hydrogen (secondary N) is 1. The van der Waals surface area contributed by atoms with E-state index in [9.17, 15) is 14.4 Å². The van der Waals surface area contributed by atoms with E-state index in [1.165, 1.54) is 28.4 Å². The monoisotopic (exact) mass is 497 g/mol. The second-order valence-electron chi connectivity index (χ2n) is 10.3. The SMILES string of the molecule is CCN(CC)c1ccc(/C=c2/s/c(=C\C(=O)C(C)(C)C)n(CC(=O)NC3CCCCC3)c2=O)cc1. The summed E-state index contributed by atoms with van der Waals surface area (Å²) < 4.78 is 2.47. The van der Waals surface area contributed by atoms with Crippen LogP contribution in [0.5, 0.6) is 0 Å². The molecular formula is C28H39N3O3S. The highest BCUT2D eigenvalue weighted by molar-refractivity contribution is 7.07. The smallest absolute Gasteiger partial charge is 0.269 e. The zero-order valence-electron chi connectivity index (χ0n) is 21.7. The Balaban J connectivity index is 1.97. The van der Waals surface area contributed by atoms with E-state index in [-0.39, 0.29) is 29.8 Å². The summed E-state index contributed by atoms with van der Waals surface area (Å²) in [6.07, 6.45) is 8.76. The summed E-state index contributed by atoms with van der Waals surface area (Å²) >= 11 is 1.26. The largest absolute Gasteiger partial charge is 0.372 e. The lowest BCUT2D eigenvalue weighted by atomic mass is 9.91. The molecule has 1 aromatic heterocycles. The number of nitrogens with zero attached hydrogens (tertiary/aromatic N) is 2. The number of aromatic nitrogens is 1. The number of anilines is 1. The van der Waals surface area contributed by atoms with Gasteiger partial charge < -0.3 is 10.2 Å². The van der Waals surface area contributed by atoms with Gasteiger partial charge in [0.2, 0.25) is 5.91 Å². The van der Waals surface area contributed by atoms with Crippen LogP contribution in [0.4, 0.5) is 5.69 Å². The van der Waals surface area contributed by atoms with Gasteiger partial charge in [-0.25, -0.2) is 0 Å². The van der Waals surface area contributed by atoms with Crippen molar-refractivity contribution in [2.24, 2.45) is 5.41 Å². The average molecular weight is 498 g/mol. The molecule has 1 N–H and O–H groups in total. The van der Waals surface area contributed by atoms with Crippen LogP contribution in [0.25, 0.3) is 12.2 Å². The summed E-state index contributed by atoms with van der Waals surface area (Å²) in [7, 11) is 0. The molecule has 35 heavy (non-hydrogen) atoms. The number of thiazole rings is 1. The van der Waals surface area contributed by atoms with Gasteiger partial charge in [0.05, 0.1) is 4.53 Å². The van der Waals surface area contributed by atoms with Crippen LogP contribution in [0, 0.1) is 5.41 Å². The molecule has 7 heteroatoms. The van der Waals surface area contributed by atoms with Gasteiger partial charge in [-0.3, -0.25) is 19.0 Å². The lowest BCUT2D eigenvalue weighted by Crippen LogP contribution is -2.42. The number of benzene rings is 1. The molecule has 1 aliphatic carbocycles. The van der Waals surface area contributed by atoms with Crippen LogP contribution in [-0.4, -0.2) is 35.4 Å². The van der Waals surface area contributed by atoms with Gasteiger partial charge in [0.25, 0.3) is 5.56 Å². The first-order valence-corrected chi connectivity index (χ1v) is 13.6. The molecule has 0 atom stereocenters. The fourth-order valence-electron chi connectivity index (χ4n) is 4.31. The number of hydrogen-bond donors (Lipinski definition) is 1. The molecule has 0 radical (unpaired) electrons. The first-order chi connectivity index (χ1) is 16.6. The van der Waals surface area contributed by atoms with Crippen LogP contribution in [0.3, 0.4) is 0 Å². The molecule has 1 fully saturated rings. The molecule has 1 amide bonds. The third-order valence-electron chi connectivity index (χ3n) is 6.52. The van der Waals surface area contributed by atoms with Crippen LogP contribution < -0.4 is 25.0 Å². The molecule has 1 heterocycles. The molecule has 0 aliphatic heterocycles. The second kappa shape index (κ2) is 11.8. The van der Waals surface area contributed by atoms with Crippen molar-refractivity contribution < 1.29 is 9.59 Å². The van der Waals surface area contributed by atoms with Crippen molar-refractivity contribution in [2.45, 2.75) is 79.3 Å². The first-order valence-electron chi connectivity index (χ1n) is 12.7. The molecule has 2 aromatic rings. The van der Waals surface area contributed by atoms with E-state index in [0.29, 0.717) is 9.20 Å². The molecule has 0 unspecified atom stereocenters. The van der Waals surface area contributed by atoms with Gasteiger partial charge in [0, 0.05) is 36.3 Å². The third kappa shape index (κ3) is 7.17. The Morgan fingerprint density at radius 3 is 2.29 bits per heavy atom. The Hall–Kier alpha value is -2.67. The number of ketones is 1. The fourth-order valence-corrected chi connectivity index (χ4v) is 5.35. The Morgan fingerprint density at radius 2 is 1.71 bits per heavy atom. The quantitative estimate of drug-likeness (QED) is 0.607. The summed E-state index contributed by atoms with van der Waals surface area (Å²) in [6, 6.07) is 8.27. The number of carbonyl (C=O) groups is 2. The standard InChI is InChI=1S/C28H39N3O3S/c1-6-30(7-2)22-15-13-20(14-16-22)17-23-27(34)31(26(35-23)18-24(32)28(3,4)5)19-25(33)29-21-11-9-8-10-12-21/h13-18,21H,6-12,19H2,1-5H3,(H,29,33)/b23-17+,26-18-. The Bertz CT molecular complexity index is 1190. The summed E-state index contributed by atoms with van der Waals surface area (Å²) in [5.41, 5.74) is 1.24. The predicted molar refractivity (Wildman–Crippen MR) is 145 cm³/mol. The maximum absolute atomic E-state index is 13.3. The highest BCUT2D eigenvalue weighted by Crippen LogP contribution is 2.18. The van der Waals surface area contributed by atoms with Gasteiger partial charge in [0.15, 0.2) is 5.78 Å². The average Bonchev–Trinajstić information content (AvgIpc) is 3.09. The van der Waals surface area contributed by atoms with E-state index in [1.807, 2.05) is 39.0 Å². The van der Waals surface area contributed by atoms with E-state index < -0.39 is 5.41 Å². The van der Waals surface area contributed by atoms with E-state index in [2.05, 4.69) is 36.2 Å². The predicted octanol–water partition coefficient (Wildman–Crippen LogP) is 3.43. The summed E-state index contributed by atoms with van der Waals surface area (Å²) in [4.78, 5) is 41.2. The van der Waals surface area contributed by atoms with Crippen LogP contribution in [0.2, 0.25) is 0 Å². The molecule has 3 rings (SSSR count). The molecule has 1 aromatic carbocycles. The minimum absolute atomic E-state index is 0.0738. The highest BCUT2D eigenvalue weighted by atomic mass is 32.1. The van der Waals surface area contributed by atoms with Gasteiger partial charge in [-0.05, 0) is 50.5 Å². The van der Waals surface area contributed by atoms with Crippen molar-refractivity contribution in [1.29, 1.82) is 0 Å². The summed E-state index contributed by atoms with van der Waals surface area (Å²) in [5, 5.41) is 3.08.